The second-order valence-corrected chi connectivity index (χ2v) is 4.18. The molecule has 0 saturated carbocycles. The molecule has 5 heteroatoms. The first-order valence-electron chi connectivity index (χ1n) is 2.73. The van der Waals surface area contributed by atoms with Crippen molar-refractivity contribution in [1.29, 1.82) is 0 Å². The molecule has 0 heterocycles. The van der Waals surface area contributed by atoms with E-state index in [9.17, 15) is 8.42 Å². The highest BCUT2D eigenvalue weighted by atomic mass is 32.2. The Balaban J connectivity index is 3.87. The fraction of sp³-hybridized carbons (Fsp3) is 1.00. The zero-order valence-corrected chi connectivity index (χ0v) is 7.14. The minimum atomic E-state index is -3.00. The van der Waals surface area contributed by atoms with E-state index in [1.165, 1.54) is 14.2 Å². The number of ether oxygens (including phenoxy) is 2. The van der Waals surface area contributed by atoms with Gasteiger partial charge in [0.15, 0.2) is 16.1 Å². The zero-order chi connectivity index (χ0) is 8.20. The first kappa shape index (κ1) is 9.87. The quantitative estimate of drug-likeness (QED) is 0.538. The molecule has 0 fully saturated rings. The van der Waals surface area contributed by atoms with Crippen molar-refractivity contribution in [2.24, 2.45) is 0 Å². The highest BCUT2D eigenvalue weighted by Crippen LogP contribution is 1.95. The topological polar surface area (TPSA) is 52.6 Å². The van der Waals surface area contributed by atoms with Crippen LogP contribution in [0.25, 0.3) is 0 Å². The second-order valence-electron chi connectivity index (χ2n) is 1.99. The summed E-state index contributed by atoms with van der Waals surface area (Å²) in [6.45, 7) is 0. The molecule has 0 saturated heterocycles. The van der Waals surface area contributed by atoms with Crippen LogP contribution in [0.3, 0.4) is 0 Å². The Bertz CT molecular complexity index is 168. The Morgan fingerprint density at radius 3 is 1.80 bits per heavy atom. The van der Waals surface area contributed by atoms with Crippen LogP contribution in [-0.2, 0) is 19.3 Å². The van der Waals surface area contributed by atoms with Gasteiger partial charge in [-0.15, -0.1) is 0 Å². The SMILES string of the molecule is COC(CS(C)(=O)=O)OC. The van der Waals surface area contributed by atoms with E-state index in [0.29, 0.717) is 0 Å². The molecule has 62 valence electrons. The third-order valence-electron chi connectivity index (χ3n) is 0.965. The van der Waals surface area contributed by atoms with Gasteiger partial charge in [0, 0.05) is 20.5 Å². The van der Waals surface area contributed by atoms with Crippen molar-refractivity contribution in [1.82, 2.24) is 0 Å². The number of sulfone groups is 1. The molecule has 0 aromatic carbocycles. The summed E-state index contributed by atoms with van der Waals surface area (Å²) in [4.78, 5) is 0. The summed E-state index contributed by atoms with van der Waals surface area (Å²) in [5.41, 5.74) is 0. The lowest BCUT2D eigenvalue weighted by Gasteiger charge is -2.10. The van der Waals surface area contributed by atoms with Crippen molar-refractivity contribution in [3.05, 3.63) is 0 Å². The van der Waals surface area contributed by atoms with E-state index in [1.54, 1.807) is 0 Å². The van der Waals surface area contributed by atoms with Crippen LogP contribution in [0.2, 0.25) is 0 Å². The fourth-order valence-corrected chi connectivity index (χ4v) is 1.25. The maximum atomic E-state index is 10.6. The van der Waals surface area contributed by atoms with Crippen molar-refractivity contribution in [2.45, 2.75) is 6.29 Å². The van der Waals surface area contributed by atoms with Gasteiger partial charge in [-0.05, 0) is 0 Å². The molecule has 0 aromatic rings. The molecule has 0 aromatic heterocycles. The van der Waals surface area contributed by atoms with E-state index >= 15 is 0 Å². The standard InChI is InChI=1S/C5H12O4S/c1-8-5(9-2)4-10(3,6)7/h5H,4H2,1-3H3. The molecule has 0 aliphatic heterocycles. The highest BCUT2D eigenvalue weighted by Gasteiger charge is 2.12. The predicted molar refractivity (Wildman–Crippen MR) is 37.5 cm³/mol. The van der Waals surface area contributed by atoms with E-state index in [2.05, 4.69) is 9.47 Å². The second kappa shape index (κ2) is 3.90. The van der Waals surface area contributed by atoms with Crippen LogP contribution >= 0.6 is 0 Å². The highest BCUT2D eigenvalue weighted by molar-refractivity contribution is 7.90. The molecule has 10 heavy (non-hydrogen) atoms. The van der Waals surface area contributed by atoms with Gasteiger partial charge in [-0.2, -0.15) is 0 Å². The summed E-state index contributed by atoms with van der Waals surface area (Å²) in [5.74, 6) is -0.0972. The van der Waals surface area contributed by atoms with E-state index in [0.717, 1.165) is 6.26 Å². The average Bonchev–Trinajstić information content (AvgIpc) is 1.81. The maximum absolute atomic E-state index is 10.6. The lowest BCUT2D eigenvalue weighted by molar-refractivity contribution is -0.0851. The molecule has 0 atom stereocenters. The van der Waals surface area contributed by atoms with Gasteiger partial charge in [0.1, 0.15) is 5.75 Å². The molecule has 0 aliphatic carbocycles. The van der Waals surface area contributed by atoms with Crippen LogP contribution in [0.4, 0.5) is 0 Å². The van der Waals surface area contributed by atoms with Gasteiger partial charge in [0.25, 0.3) is 0 Å². The Kier molecular flexibility index (Phi) is 3.85. The molecule has 0 radical (unpaired) electrons. The van der Waals surface area contributed by atoms with E-state index < -0.39 is 16.1 Å². The van der Waals surface area contributed by atoms with Crippen molar-refractivity contribution < 1.29 is 17.9 Å². The minimum absolute atomic E-state index is 0.0972. The van der Waals surface area contributed by atoms with E-state index in [1.807, 2.05) is 0 Å². The zero-order valence-electron chi connectivity index (χ0n) is 6.33. The predicted octanol–water partition coefficient (Wildman–Crippen LogP) is -0.350. The van der Waals surface area contributed by atoms with Crippen molar-refractivity contribution in [2.75, 3.05) is 26.2 Å². The number of methoxy groups -OCH3 is 2. The molecule has 0 aliphatic rings. The number of hydrogen-bond donors (Lipinski definition) is 0. The smallest absolute Gasteiger partial charge is 0.170 e. The molecule has 0 bridgehead atoms. The van der Waals surface area contributed by atoms with Crippen LogP contribution in [-0.4, -0.2) is 40.9 Å². The average molecular weight is 168 g/mol. The van der Waals surface area contributed by atoms with Crippen molar-refractivity contribution >= 4 is 9.84 Å². The van der Waals surface area contributed by atoms with Crippen LogP contribution < -0.4 is 0 Å². The third-order valence-corrected chi connectivity index (χ3v) is 1.84. The molecular weight excluding hydrogens is 156 g/mol. The first-order valence-corrected chi connectivity index (χ1v) is 4.79. The summed E-state index contributed by atoms with van der Waals surface area (Å²) in [5, 5.41) is 0. The number of rotatable bonds is 4. The number of hydrogen-bond acceptors (Lipinski definition) is 4. The van der Waals surface area contributed by atoms with Gasteiger partial charge in [-0.1, -0.05) is 0 Å². The minimum Gasteiger partial charge on any atom is -0.355 e. The normalized spacial score (nSPS) is 12.4. The van der Waals surface area contributed by atoms with Crippen LogP contribution in [0, 0.1) is 0 Å². The van der Waals surface area contributed by atoms with Crippen molar-refractivity contribution in [3.8, 4) is 0 Å². The van der Waals surface area contributed by atoms with Crippen molar-refractivity contribution in [3.63, 3.8) is 0 Å². The Morgan fingerprint density at radius 2 is 1.70 bits per heavy atom. The molecular formula is C5H12O4S. The van der Waals surface area contributed by atoms with Crippen LogP contribution in [0.5, 0.6) is 0 Å². The van der Waals surface area contributed by atoms with Gasteiger partial charge in [-0.3, -0.25) is 0 Å². The van der Waals surface area contributed by atoms with Gasteiger partial charge < -0.3 is 9.47 Å². The van der Waals surface area contributed by atoms with Gasteiger partial charge in [-0.25, -0.2) is 8.42 Å². The van der Waals surface area contributed by atoms with Gasteiger partial charge in [0.05, 0.1) is 0 Å². The fourth-order valence-electron chi connectivity index (χ4n) is 0.480. The molecule has 0 amide bonds. The monoisotopic (exact) mass is 168 g/mol. The summed E-state index contributed by atoms with van der Waals surface area (Å²) in [6, 6.07) is 0. The van der Waals surface area contributed by atoms with E-state index in [-0.39, 0.29) is 5.75 Å². The largest absolute Gasteiger partial charge is 0.355 e. The lowest BCUT2D eigenvalue weighted by Crippen LogP contribution is -2.23. The molecule has 0 N–H and O–H groups in total. The Labute approximate surface area is 61.1 Å². The molecule has 0 unspecified atom stereocenters. The van der Waals surface area contributed by atoms with Gasteiger partial charge in [0.2, 0.25) is 0 Å². The van der Waals surface area contributed by atoms with Gasteiger partial charge >= 0.3 is 0 Å². The summed E-state index contributed by atoms with van der Waals surface area (Å²) in [6.07, 6.45) is 0.493. The Morgan fingerprint density at radius 1 is 1.30 bits per heavy atom. The van der Waals surface area contributed by atoms with Crippen LogP contribution in [0.1, 0.15) is 0 Å². The lowest BCUT2D eigenvalue weighted by atomic mass is 10.7. The molecule has 0 spiro atoms. The van der Waals surface area contributed by atoms with Crippen LogP contribution in [0.15, 0.2) is 0 Å². The summed E-state index contributed by atoms with van der Waals surface area (Å²) >= 11 is 0. The maximum Gasteiger partial charge on any atom is 0.170 e. The molecule has 4 nitrogen and oxygen atoms in total. The third kappa shape index (κ3) is 4.72. The Hall–Kier alpha value is -0.130. The first-order chi connectivity index (χ1) is 4.49. The summed E-state index contributed by atoms with van der Waals surface area (Å²) < 4.78 is 30.5. The van der Waals surface area contributed by atoms with E-state index in [4.69, 9.17) is 0 Å². The molecule has 0 rings (SSSR count). The summed E-state index contributed by atoms with van der Waals surface area (Å²) in [7, 11) is -0.193.